The van der Waals surface area contributed by atoms with E-state index in [4.69, 9.17) is 0 Å². The number of nitrogens with one attached hydrogen (secondary N) is 1. The molecule has 2 aromatic heterocycles. The summed E-state index contributed by atoms with van der Waals surface area (Å²) >= 11 is 1.68. The van der Waals surface area contributed by atoms with Gasteiger partial charge in [0.15, 0.2) is 0 Å². The summed E-state index contributed by atoms with van der Waals surface area (Å²) < 4.78 is 0. The summed E-state index contributed by atoms with van der Waals surface area (Å²) in [5.74, 6) is 0. The molecule has 0 radical (unpaired) electrons. The molecule has 1 saturated heterocycles. The van der Waals surface area contributed by atoms with Crippen molar-refractivity contribution in [3.63, 3.8) is 0 Å². The number of carbonyl (C=O) groups excluding carboxylic acids is 1. The van der Waals surface area contributed by atoms with Crippen LogP contribution in [0.2, 0.25) is 0 Å². The number of rotatable bonds is 5. The molecule has 2 amide bonds. The Balaban J connectivity index is 1.71. The minimum Gasteiger partial charge on any atom is -0.331 e. The quantitative estimate of drug-likeness (QED) is 0.890. The molecule has 0 aliphatic carbocycles. The lowest BCUT2D eigenvalue weighted by molar-refractivity contribution is 0.125. The summed E-state index contributed by atoms with van der Waals surface area (Å²) in [6.45, 7) is 4.74. The first kappa shape index (κ1) is 17.9. The van der Waals surface area contributed by atoms with Crippen LogP contribution in [0.1, 0.15) is 36.2 Å². The normalized spacial score (nSPS) is 17.2. The van der Waals surface area contributed by atoms with Crippen LogP contribution in [0, 0.1) is 0 Å². The molecule has 6 heteroatoms. The monoisotopic (exact) mass is 358 g/mol. The smallest absolute Gasteiger partial charge is 0.318 e. The highest BCUT2D eigenvalue weighted by molar-refractivity contribution is 7.10. The minimum atomic E-state index is 0.0206. The molecule has 3 heterocycles. The molecule has 5 nitrogen and oxygen atoms in total. The van der Waals surface area contributed by atoms with Crippen LogP contribution in [0.25, 0.3) is 0 Å². The zero-order valence-electron chi connectivity index (χ0n) is 14.9. The predicted molar refractivity (Wildman–Crippen MR) is 102 cm³/mol. The number of pyridine rings is 1. The van der Waals surface area contributed by atoms with Gasteiger partial charge in [-0.25, -0.2) is 4.79 Å². The number of carbonyl (C=O) groups is 1. The first-order valence-corrected chi connectivity index (χ1v) is 9.69. The van der Waals surface area contributed by atoms with Crippen molar-refractivity contribution in [2.45, 2.75) is 38.4 Å². The Morgan fingerprint density at radius 1 is 1.36 bits per heavy atom. The number of piperidine rings is 1. The Kier molecular flexibility index (Phi) is 6.04. The van der Waals surface area contributed by atoms with Crippen molar-refractivity contribution in [2.75, 3.05) is 20.1 Å². The highest BCUT2D eigenvalue weighted by atomic mass is 32.1. The summed E-state index contributed by atoms with van der Waals surface area (Å²) in [6, 6.07) is 8.38. The van der Waals surface area contributed by atoms with Crippen LogP contribution >= 0.6 is 11.3 Å². The van der Waals surface area contributed by atoms with Crippen molar-refractivity contribution >= 4 is 17.4 Å². The third-order valence-electron chi connectivity index (χ3n) is 4.80. The van der Waals surface area contributed by atoms with Crippen molar-refractivity contribution in [2.24, 2.45) is 0 Å². The van der Waals surface area contributed by atoms with Crippen LogP contribution < -0.4 is 5.32 Å². The molecule has 25 heavy (non-hydrogen) atoms. The molecule has 0 bridgehead atoms. The lowest BCUT2D eigenvalue weighted by Crippen LogP contribution is -2.50. The van der Waals surface area contributed by atoms with E-state index in [9.17, 15) is 4.79 Å². The molecule has 134 valence electrons. The Hall–Kier alpha value is -1.92. The molecule has 2 aromatic rings. The SMILES string of the molecule is C[C@H](NC(=O)N(Cc1ccncc1)C1CCN(C)CC1)c1cccs1. The van der Waals surface area contributed by atoms with Gasteiger partial charge in [-0.3, -0.25) is 4.98 Å². The second-order valence-electron chi connectivity index (χ2n) is 6.70. The Bertz CT molecular complexity index is 653. The van der Waals surface area contributed by atoms with Crippen LogP contribution in [0.3, 0.4) is 0 Å². The molecule has 1 aliphatic rings. The van der Waals surface area contributed by atoms with Gasteiger partial charge in [0.25, 0.3) is 0 Å². The highest BCUT2D eigenvalue weighted by Crippen LogP contribution is 2.22. The molecule has 0 saturated carbocycles. The summed E-state index contributed by atoms with van der Waals surface area (Å²) in [6.07, 6.45) is 5.60. The molecule has 1 aliphatic heterocycles. The van der Waals surface area contributed by atoms with Gasteiger partial charge in [-0.05, 0) is 69.0 Å². The van der Waals surface area contributed by atoms with E-state index in [-0.39, 0.29) is 18.1 Å². The van der Waals surface area contributed by atoms with E-state index in [1.54, 1.807) is 23.7 Å². The average Bonchev–Trinajstić information content (AvgIpc) is 3.16. The van der Waals surface area contributed by atoms with E-state index < -0.39 is 0 Å². The number of nitrogens with zero attached hydrogens (tertiary/aromatic N) is 3. The van der Waals surface area contributed by atoms with Gasteiger partial charge in [-0.2, -0.15) is 0 Å². The number of hydrogen-bond donors (Lipinski definition) is 1. The Labute approximate surface area is 153 Å². The summed E-state index contributed by atoms with van der Waals surface area (Å²) in [5, 5.41) is 5.22. The fraction of sp³-hybridized carbons (Fsp3) is 0.474. The first-order chi connectivity index (χ1) is 12.1. The molecule has 3 rings (SSSR count). The molecule has 0 aromatic carbocycles. The average molecular weight is 359 g/mol. The fourth-order valence-corrected chi connectivity index (χ4v) is 3.97. The lowest BCUT2D eigenvalue weighted by Gasteiger charge is -2.38. The number of urea groups is 1. The van der Waals surface area contributed by atoms with E-state index >= 15 is 0 Å². The maximum Gasteiger partial charge on any atom is 0.318 e. The standard InChI is InChI=1S/C19H26N4OS/c1-15(18-4-3-13-25-18)21-19(24)23(14-16-5-9-20-10-6-16)17-7-11-22(2)12-8-17/h3-6,9-10,13,15,17H,7-8,11-12,14H2,1-2H3,(H,21,24)/t15-/m0/s1. The van der Waals surface area contributed by atoms with Crippen molar-refractivity contribution < 1.29 is 4.79 Å². The third-order valence-corrected chi connectivity index (χ3v) is 5.86. The molecular formula is C19H26N4OS. The van der Waals surface area contributed by atoms with E-state index in [0.717, 1.165) is 31.5 Å². The molecule has 0 unspecified atom stereocenters. The first-order valence-electron chi connectivity index (χ1n) is 8.81. The maximum absolute atomic E-state index is 13.0. The van der Waals surface area contributed by atoms with Crippen LogP contribution in [0.4, 0.5) is 4.79 Å². The van der Waals surface area contributed by atoms with Crippen LogP contribution in [-0.2, 0) is 6.54 Å². The highest BCUT2D eigenvalue weighted by Gasteiger charge is 2.28. The molecule has 1 N–H and O–H groups in total. The van der Waals surface area contributed by atoms with E-state index in [0.29, 0.717) is 6.54 Å². The van der Waals surface area contributed by atoms with E-state index in [1.165, 1.54) is 4.88 Å². The second-order valence-corrected chi connectivity index (χ2v) is 7.68. The van der Waals surface area contributed by atoms with Gasteiger partial charge in [-0.15, -0.1) is 11.3 Å². The van der Waals surface area contributed by atoms with Gasteiger partial charge in [0.2, 0.25) is 0 Å². The van der Waals surface area contributed by atoms with Gasteiger partial charge in [0, 0.05) is 29.9 Å². The Morgan fingerprint density at radius 2 is 2.08 bits per heavy atom. The summed E-state index contributed by atoms with van der Waals surface area (Å²) in [5.41, 5.74) is 1.12. The van der Waals surface area contributed by atoms with Gasteiger partial charge < -0.3 is 15.1 Å². The number of thiophene rings is 1. The number of likely N-dealkylation sites (tertiary alicyclic amines) is 1. The molecular weight excluding hydrogens is 332 g/mol. The van der Waals surface area contributed by atoms with Crippen molar-refractivity contribution in [3.8, 4) is 0 Å². The van der Waals surface area contributed by atoms with Gasteiger partial charge >= 0.3 is 6.03 Å². The van der Waals surface area contributed by atoms with E-state index in [2.05, 4.69) is 28.3 Å². The summed E-state index contributed by atoms with van der Waals surface area (Å²) in [7, 11) is 2.14. The number of amides is 2. The molecule has 1 atom stereocenters. The number of hydrogen-bond acceptors (Lipinski definition) is 4. The van der Waals surface area contributed by atoms with Gasteiger partial charge in [0.05, 0.1) is 6.04 Å². The topological polar surface area (TPSA) is 48.5 Å². The zero-order valence-corrected chi connectivity index (χ0v) is 15.7. The van der Waals surface area contributed by atoms with Crippen molar-refractivity contribution in [1.29, 1.82) is 0 Å². The van der Waals surface area contributed by atoms with Crippen LogP contribution in [-0.4, -0.2) is 47.0 Å². The fourth-order valence-electron chi connectivity index (χ4n) is 3.24. The van der Waals surface area contributed by atoms with Crippen LogP contribution in [0.15, 0.2) is 42.0 Å². The molecule has 0 spiro atoms. The van der Waals surface area contributed by atoms with E-state index in [1.807, 2.05) is 35.4 Å². The Morgan fingerprint density at radius 3 is 2.72 bits per heavy atom. The number of aromatic nitrogens is 1. The van der Waals surface area contributed by atoms with Crippen molar-refractivity contribution in [1.82, 2.24) is 20.1 Å². The minimum absolute atomic E-state index is 0.0206. The summed E-state index contributed by atoms with van der Waals surface area (Å²) in [4.78, 5) is 22.6. The molecule has 1 fully saturated rings. The third kappa shape index (κ3) is 4.80. The second kappa shape index (κ2) is 8.45. The van der Waals surface area contributed by atoms with Crippen LogP contribution in [0.5, 0.6) is 0 Å². The lowest BCUT2D eigenvalue weighted by atomic mass is 10.0. The largest absolute Gasteiger partial charge is 0.331 e. The predicted octanol–water partition coefficient (Wildman–Crippen LogP) is 3.51. The van der Waals surface area contributed by atoms with Gasteiger partial charge in [0.1, 0.15) is 0 Å². The maximum atomic E-state index is 13.0. The van der Waals surface area contributed by atoms with Crippen molar-refractivity contribution in [3.05, 3.63) is 52.5 Å². The van der Waals surface area contributed by atoms with Gasteiger partial charge in [-0.1, -0.05) is 6.07 Å². The zero-order chi connectivity index (χ0) is 17.6.